The molecule has 1 N–H and O–H groups in total. The number of hydrogen-bond acceptors (Lipinski definition) is 3. The van der Waals surface area contributed by atoms with Gasteiger partial charge in [0.05, 0.1) is 7.11 Å². The number of carbonyl (C=O) groups excluding carboxylic acids is 1. The molecule has 150 valence electrons. The highest BCUT2D eigenvalue weighted by Gasteiger charge is 2.19. The fraction of sp³-hybridized carbons (Fsp3) is 0.458. The molecule has 1 amide bonds. The zero-order chi connectivity index (χ0) is 19.8. The van der Waals surface area contributed by atoms with Crippen molar-refractivity contribution in [2.24, 2.45) is 0 Å². The second-order valence-corrected chi connectivity index (χ2v) is 7.40. The van der Waals surface area contributed by atoms with Crippen LogP contribution in [0.2, 0.25) is 0 Å². The number of ether oxygens (including phenoxy) is 2. The van der Waals surface area contributed by atoms with E-state index in [4.69, 9.17) is 9.47 Å². The largest absolute Gasteiger partial charge is 0.497 e. The average Bonchev–Trinajstić information content (AvgIpc) is 2.75. The summed E-state index contributed by atoms with van der Waals surface area (Å²) in [5.41, 5.74) is 4.04. The third-order valence-electron chi connectivity index (χ3n) is 5.36. The molecule has 4 nitrogen and oxygen atoms in total. The number of amides is 1. The van der Waals surface area contributed by atoms with E-state index in [0.717, 1.165) is 37.2 Å². The number of rotatable bonds is 9. The molecule has 0 heterocycles. The van der Waals surface area contributed by atoms with Crippen molar-refractivity contribution in [3.63, 3.8) is 0 Å². The molecule has 28 heavy (non-hydrogen) atoms. The van der Waals surface area contributed by atoms with Gasteiger partial charge in [0, 0.05) is 6.54 Å². The van der Waals surface area contributed by atoms with E-state index >= 15 is 0 Å². The quantitative estimate of drug-likeness (QED) is 0.652. The summed E-state index contributed by atoms with van der Waals surface area (Å²) < 4.78 is 11.2. The lowest BCUT2D eigenvalue weighted by atomic mass is 9.92. The van der Waals surface area contributed by atoms with Crippen molar-refractivity contribution in [2.45, 2.75) is 58.0 Å². The van der Waals surface area contributed by atoms with Crippen LogP contribution in [0, 0.1) is 0 Å². The smallest absolute Gasteiger partial charge is 0.261 e. The van der Waals surface area contributed by atoms with Crippen LogP contribution in [0.5, 0.6) is 11.5 Å². The highest BCUT2D eigenvalue weighted by atomic mass is 16.5. The van der Waals surface area contributed by atoms with Crippen LogP contribution in [-0.2, 0) is 24.1 Å². The fourth-order valence-corrected chi connectivity index (χ4v) is 3.68. The summed E-state index contributed by atoms with van der Waals surface area (Å²) in [4.78, 5) is 12.5. The van der Waals surface area contributed by atoms with Crippen molar-refractivity contribution < 1.29 is 14.3 Å². The Morgan fingerprint density at radius 3 is 2.46 bits per heavy atom. The van der Waals surface area contributed by atoms with E-state index in [0.29, 0.717) is 13.0 Å². The molecule has 3 rings (SSSR count). The molecule has 0 saturated carbocycles. The second kappa shape index (κ2) is 10.2. The third-order valence-corrected chi connectivity index (χ3v) is 5.36. The molecular weight excluding hydrogens is 350 g/mol. The number of benzene rings is 2. The van der Waals surface area contributed by atoms with Crippen molar-refractivity contribution in [2.75, 3.05) is 13.7 Å². The Balaban J connectivity index is 1.45. The van der Waals surface area contributed by atoms with Crippen molar-refractivity contribution in [1.29, 1.82) is 0 Å². The van der Waals surface area contributed by atoms with Crippen molar-refractivity contribution >= 4 is 5.91 Å². The normalized spacial score (nSPS) is 14.1. The average molecular weight is 382 g/mol. The molecule has 2 aromatic carbocycles. The van der Waals surface area contributed by atoms with E-state index < -0.39 is 6.10 Å². The number of hydrogen-bond donors (Lipinski definition) is 1. The molecule has 0 bridgehead atoms. The van der Waals surface area contributed by atoms with Crippen LogP contribution in [0.4, 0.5) is 0 Å². The maximum absolute atomic E-state index is 12.5. The first-order valence-electron chi connectivity index (χ1n) is 10.4. The number of fused-ring (bicyclic) bond motifs is 1. The summed E-state index contributed by atoms with van der Waals surface area (Å²) >= 11 is 0. The van der Waals surface area contributed by atoms with Crippen LogP contribution in [-0.4, -0.2) is 25.7 Å². The molecule has 0 radical (unpaired) electrons. The molecule has 0 saturated heterocycles. The van der Waals surface area contributed by atoms with Gasteiger partial charge in [0.15, 0.2) is 6.10 Å². The Morgan fingerprint density at radius 2 is 1.75 bits per heavy atom. The van der Waals surface area contributed by atoms with Crippen molar-refractivity contribution in [3.8, 4) is 11.5 Å². The molecule has 1 atom stereocenters. The van der Waals surface area contributed by atoms with E-state index in [1.807, 2.05) is 25.1 Å². The predicted octanol–water partition coefficient (Wildman–Crippen LogP) is 4.48. The topological polar surface area (TPSA) is 47.6 Å². The van der Waals surface area contributed by atoms with Gasteiger partial charge in [-0.1, -0.05) is 25.1 Å². The summed E-state index contributed by atoms with van der Waals surface area (Å²) in [6, 6.07) is 14.3. The van der Waals surface area contributed by atoms with Gasteiger partial charge < -0.3 is 14.8 Å². The first kappa shape index (κ1) is 20.2. The van der Waals surface area contributed by atoms with E-state index in [1.165, 1.54) is 29.5 Å². The SMILES string of the molecule is CC[C@H](Oc1ccc2c(c1)CCCC2)C(=O)NCCCc1ccc(OC)cc1. The lowest BCUT2D eigenvalue weighted by molar-refractivity contribution is -0.128. The first-order chi connectivity index (χ1) is 13.7. The second-order valence-electron chi connectivity index (χ2n) is 7.40. The van der Waals surface area contributed by atoms with Gasteiger partial charge in [-0.25, -0.2) is 0 Å². The summed E-state index contributed by atoms with van der Waals surface area (Å²) in [7, 11) is 1.67. The monoisotopic (exact) mass is 381 g/mol. The highest BCUT2D eigenvalue weighted by molar-refractivity contribution is 5.81. The van der Waals surface area contributed by atoms with Gasteiger partial charge in [-0.2, -0.15) is 0 Å². The van der Waals surface area contributed by atoms with Gasteiger partial charge in [0.2, 0.25) is 0 Å². The van der Waals surface area contributed by atoms with Gasteiger partial charge in [-0.3, -0.25) is 4.79 Å². The Labute approximate surface area is 168 Å². The van der Waals surface area contributed by atoms with Crippen LogP contribution >= 0.6 is 0 Å². The molecule has 2 aromatic rings. The minimum Gasteiger partial charge on any atom is -0.497 e. The van der Waals surface area contributed by atoms with E-state index in [9.17, 15) is 4.79 Å². The summed E-state index contributed by atoms with van der Waals surface area (Å²) in [6.45, 7) is 2.63. The van der Waals surface area contributed by atoms with Crippen LogP contribution in [0.1, 0.15) is 49.3 Å². The minimum absolute atomic E-state index is 0.0325. The summed E-state index contributed by atoms with van der Waals surface area (Å²) in [5, 5.41) is 3.02. The maximum atomic E-state index is 12.5. The third kappa shape index (κ3) is 5.51. The standard InChI is InChI=1S/C24H31NO3/c1-3-23(28-22-15-12-19-8-4-5-9-20(19)17-22)24(26)25-16-6-7-18-10-13-21(27-2)14-11-18/h10-15,17,23H,3-9,16H2,1-2H3,(H,25,26)/t23-/m0/s1. The number of aryl methyl sites for hydroxylation is 3. The maximum Gasteiger partial charge on any atom is 0.261 e. The Kier molecular flexibility index (Phi) is 7.35. The highest BCUT2D eigenvalue weighted by Crippen LogP contribution is 2.26. The molecule has 1 aliphatic rings. The molecule has 0 spiro atoms. The van der Waals surface area contributed by atoms with Crippen molar-refractivity contribution in [3.05, 3.63) is 59.2 Å². The summed E-state index contributed by atoms with van der Waals surface area (Å²) in [6.07, 6.45) is 6.80. The molecular formula is C24H31NO3. The Morgan fingerprint density at radius 1 is 1.04 bits per heavy atom. The van der Waals surface area contributed by atoms with E-state index in [1.54, 1.807) is 7.11 Å². The van der Waals surface area contributed by atoms with Crippen LogP contribution in [0.15, 0.2) is 42.5 Å². The molecule has 0 unspecified atom stereocenters. The van der Waals surface area contributed by atoms with Gasteiger partial charge in [0.1, 0.15) is 11.5 Å². The fourth-order valence-electron chi connectivity index (χ4n) is 3.68. The van der Waals surface area contributed by atoms with E-state index in [-0.39, 0.29) is 5.91 Å². The van der Waals surface area contributed by atoms with Crippen LogP contribution < -0.4 is 14.8 Å². The Hall–Kier alpha value is -2.49. The number of carbonyl (C=O) groups is 1. The molecule has 0 fully saturated rings. The summed E-state index contributed by atoms with van der Waals surface area (Å²) in [5.74, 6) is 1.64. The molecule has 4 heteroatoms. The minimum atomic E-state index is -0.442. The van der Waals surface area contributed by atoms with Crippen LogP contribution in [0.25, 0.3) is 0 Å². The van der Waals surface area contributed by atoms with Gasteiger partial charge >= 0.3 is 0 Å². The van der Waals surface area contributed by atoms with Crippen LogP contribution in [0.3, 0.4) is 0 Å². The molecule has 0 aromatic heterocycles. The number of methoxy groups -OCH3 is 1. The predicted molar refractivity (Wildman–Crippen MR) is 112 cm³/mol. The van der Waals surface area contributed by atoms with Gasteiger partial charge in [-0.15, -0.1) is 0 Å². The van der Waals surface area contributed by atoms with Gasteiger partial charge in [-0.05, 0) is 85.9 Å². The van der Waals surface area contributed by atoms with Crippen molar-refractivity contribution in [1.82, 2.24) is 5.32 Å². The zero-order valence-corrected chi connectivity index (χ0v) is 17.0. The first-order valence-corrected chi connectivity index (χ1v) is 10.4. The Bertz CT molecular complexity index is 770. The van der Waals surface area contributed by atoms with E-state index in [2.05, 4.69) is 29.6 Å². The number of nitrogens with one attached hydrogen (secondary N) is 1. The molecule has 1 aliphatic carbocycles. The van der Waals surface area contributed by atoms with Gasteiger partial charge in [0.25, 0.3) is 5.91 Å². The zero-order valence-electron chi connectivity index (χ0n) is 17.0. The lowest BCUT2D eigenvalue weighted by Gasteiger charge is -2.20. The lowest BCUT2D eigenvalue weighted by Crippen LogP contribution is -2.38. The molecule has 0 aliphatic heterocycles.